The van der Waals surface area contributed by atoms with Gasteiger partial charge in [0.2, 0.25) is 0 Å². The summed E-state index contributed by atoms with van der Waals surface area (Å²) in [5.74, 6) is 1.43. The molecule has 0 bridgehead atoms. The maximum Gasteiger partial charge on any atom is 3.00 e. The zero-order chi connectivity index (χ0) is 25.9. The van der Waals surface area contributed by atoms with Crippen molar-refractivity contribution in [1.29, 1.82) is 0 Å². The Morgan fingerprint density at radius 3 is 1.36 bits per heavy atom. The Bertz CT molecular complexity index is 1250. The summed E-state index contributed by atoms with van der Waals surface area (Å²) >= 11 is 0. The van der Waals surface area contributed by atoms with Gasteiger partial charge in [-0.1, -0.05) is 47.9 Å². The van der Waals surface area contributed by atoms with Gasteiger partial charge in [0.05, 0.1) is 14.2 Å². The van der Waals surface area contributed by atoms with E-state index < -0.39 is 0 Å². The first-order valence-corrected chi connectivity index (χ1v) is 11.0. The van der Waals surface area contributed by atoms with E-state index in [1.165, 1.54) is 26.6 Å². The van der Waals surface area contributed by atoms with Crippen molar-refractivity contribution in [3.05, 3.63) is 95.3 Å². The summed E-state index contributed by atoms with van der Waals surface area (Å²) in [5, 5.41) is 23.7. The quantitative estimate of drug-likeness (QED) is 0.224. The van der Waals surface area contributed by atoms with E-state index in [9.17, 15) is 10.2 Å². The van der Waals surface area contributed by atoms with E-state index in [1.54, 1.807) is 60.9 Å². The van der Waals surface area contributed by atoms with Crippen molar-refractivity contribution >= 4 is 24.1 Å². The molecular formula is C28H28ClN4O5Ru. The Balaban J connectivity index is 0.000000688. The van der Waals surface area contributed by atoms with Crippen LogP contribution in [0, 0.1) is 13.8 Å². The zero-order valence-electron chi connectivity index (χ0n) is 21.7. The number of hydrogen-bond acceptors (Lipinski definition) is 8. The summed E-state index contributed by atoms with van der Waals surface area (Å²) in [5.41, 5.74) is 3.10. The third kappa shape index (κ3) is 10.4. The molecule has 4 rings (SSSR count). The van der Waals surface area contributed by atoms with E-state index in [0.29, 0.717) is 34.3 Å². The van der Waals surface area contributed by atoms with Crippen molar-refractivity contribution in [3.63, 3.8) is 0 Å². The van der Waals surface area contributed by atoms with Crippen LogP contribution in [0.15, 0.2) is 83.0 Å². The average molecular weight is 637 g/mol. The number of nitrogens with zero attached hydrogens (tertiary/aromatic N) is 4. The second-order valence-corrected chi connectivity index (χ2v) is 7.66. The number of aryl methyl sites for hydroxylation is 2. The van der Waals surface area contributed by atoms with E-state index in [0.717, 1.165) is 11.1 Å². The fraction of sp³-hybridized carbons (Fsp3) is 0.143. The van der Waals surface area contributed by atoms with Gasteiger partial charge in [-0.2, -0.15) is 0 Å². The molecule has 9 nitrogen and oxygen atoms in total. The van der Waals surface area contributed by atoms with Crippen molar-refractivity contribution in [1.82, 2.24) is 9.97 Å². The summed E-state index contributed by atoms with van der Waals surface area (Å²) in [6, 6.07) is 17.6. The van der Waals surface area contributed by atoms with Crippen LogP contribution in [0.4, 0.5) is 11.6 Å². The van der Waals surface area contributed by atoms with E-state index >= 15 is 0 Å². The molecular weight excluding hydrogens is 609 g/mol. The van der Waals surface area contributed by atoms with Gasteiger partial charge < -0.3 is 37.6 Å². The monoisotopic (exact) mass is 637 g/mol. The first-order valence-electron chi connectivity index (χ1n) is 11.0. The van der Waals surface area contributed by atoms with E-state index in [2.05, 4.69) is 20.0 Å². The van der Waals surface area contributed by atoms with Crippen LogP contribution in [0.25, 0.3) is 0 Å². The van der Waals surface area contributed by atoms with Crippen LogP contribution < -0.4 is 32.1 Å². The molecule has 0 atom stereocenters. The maximum atomic E-state index is 11.8. The normalized spacial score (nSPS) is 9.95. The van der Waals surface area contributed by atoms with Gasteiger partial charge in [-0.25, -0.2) is 20.0 Å². The van der Waals surface area contributed by atoms with Crippen molar-refractivity contribution in [2.75, 3.05) is 14.2 Å². The van der Waals surface area contributed by atoms with Crippen molar-refractivity contribution < 1.29 is 57.0 Å². The molecule has 0 unspecified atom stereocenters. The third-order valence-corrected chi connectivity index (χ3v) is 4.92. The van der Waals surface area contributed by atoms with Crippen LogP contribution in [-0.4, -0.2) is 42.1 Å². The Morgan fingerprint density at radius 1 is 0.667 bits per heavy atom. The van der Waals surface area contributed by atoms with Gasteiger partial charge in [0.25, 0.3) is 0 Å². The summed E-state index contributed by atoms with van der Waals surface area (Å²) in [6.07, 6.45) is 6.47. The summed E-state index contributed by atoms with van der Waals surface area (Å²) in [4.78, 5) is 16.6. The Morgan fingerprint density at radius 2 is 1.05 bits per heavy atom. The van der Waals surface area contributed by atoms with Gasteiger partial charge in [0.1, 0.15) is 11.5 Å². The van der Waals surface area contributed by atoms with Gasteiger partial charge in [-0.15, -0.1) is 0 Å². The van der Waals surface area contributed by atoms with Gasteiger partial charge in [0.15, 0.2) is 11.6 Å². The van der Waals surface area contributed by atoms with Gasteiger partial charge in [0, 0.05) is 24.8 Å². The molecule has 39 heavy (non-hydrogen) atoms. The largest absolute Gasteiger partial charge is 3.00 e. The van der Waals surface area contributed by atoms with Crippen LogP contribution in [0.5, 0.6) is 23.0 Å². The third-order valence-electron chi connectivity index (χ3n) is 4.92. The summed E-state index contributed by atoms with van der Waals surface area (Å²) < 4.78 is 9.93. The van der Waals surface area contributed by atoms with Crippen LogP contribution in [-0.2, 0) is 19.5 Å². The fourth-order valence-corrected chi connectivity index (χ4v) is 2.93. The minimum absolute atomic E-state index is 0. The molecule has 4 aromatic rings. The molecule has 0 aliphatic heterocycles. The second-order valence-electron chi connectivity index (χ2n) is 7.66. The smallest absolute Gasteiger partial charge is 1.00 e. The molecule has 2 N–H and O–H groups in total. The van der Waals surface area contributed by atoms with Crippen molar-refractivity contribution in [2.24, 2.45) is 9.98 Å². The SMILES string of the molecule is COc1cccc(C=Nc2ccc(C)cn2)c1[O-].COc1cccc(C=Nc2ccc(C)cn2)c1[O-].O.[Cl-].[Ru+3]. The number of halogens is 1. The van der Waals surface area contributed by atoms with Crippen LogP contribution >= 0.6 is 0 Å². The number of pyridine rings is 2. The maximum absolute atomic E-state index is 11.8. The van der Waals surface area contributed by atoms with Crippen molar-refractivity contribution in [2.45, 2.75) is 13.8 Å². The molecule has 0 aliphatic carbocycles. The molecule has 1 radical (unpaired) electrons. The molecule has 0 saturated carbocycles. The first-order chi connectivity index (χ1) is 17.4. The topological polar surface area (TPSA) is 147 Å². The average Bonchev–Trinajstić information content (AvgIpc) is 2.90. The van der Waals surface area contributed by atoms with E-state index in [1.807, 2.05) is 26.0 Å². The molecule has 2 heterocycles. The predicted octanol–water partition coefficient (Wildman–Crippen LogP) is 0.622. The van der Waals surface area contributed by atoms with Gasteiger partial charge >= 0.3 is 19.5 Å². The minimum atomic E-state index is -0.170. The Kier molecular flexibility index (Phi) is 15.9. The van der Waals surface area contributed by atoms with Crippen LogP contribution in [0.3, 0.4) is 0 Å². The van der Waals surface area contributed by atoms with Crippen LogP contribution in [0.2, 0.25) is 0 Å². The second kappa shape index (κ2) is 17.6. The molecule has 0 saturated heterocycles. The minimum Gasteiger partial charge on any atom is -1.00 e. The van der Waals surface area contributed by atoms with Gasteiger partial charge in [-0.05, 0) is 60.4 Å². The number of methoxy groups -OCH3 is 2. The number of benzene rings is 2. The summed E-state index contributed by atoms with van der Waals surface area (Å²) in [6.45, 7) is 3.91. The molecule has 0 spiro atoms. The molecule has 0 amide bonds. The predicted molar refractivity (Wildman–Crippen MR) is 141 cm³/mol. The number of aromatic nitrogens is 2. The first kappa shape index (κ1) is 35.2. The number of ether oxygens (including phenoxy) is 2. The van der Waals surface area contributed by atoms with E-state index in [-0.39, 0.29) is 48.9 Å². The number of hydrogen-bond donors (Lipinski definition) is 0. The molecule has 205 valence electrons. The molecule has 2 aromatic carbocycles. The van der Waals surface area contributed by atoms with Crippen LogP contribution in [0.1, 0.15) is 22.3 Å². The van der Waals surface area contributed by atoms with Crippen molar-refractivity contribution in [3.8, 4) is 23.0 Å². The fourth-order valence-electron chi connectivity index (χ4n) is 2.93. The molecule has 2 aromatic heterocycles. The van der Waals surface area contributed by atoms with Gasteiger partial charge in [-0.3, -0.25) is 0 Å². The Labute approximate surface area is 246 Å². The number of para-hydroxylation sites is 2. The molecule has 0 aliphatic rings. The molecule has 0 fully saturated rings. The Hall–Kier alpha value is -3.85. The number of aliphatic imine (C=N–C) groups is 2. The molecule has 11 heteroatoms. The zero-order valence-corrected chi connectivity index (χ0v) is 24.2. The summed E-state index contributed by atoms with van der Waals surface area (Å²) in [7, 11) is 2.94. The van der Waals surface area contributed by atoms with E-state index in [4.69, 9.17) is 9.47 Å². The standard InChI is InChI=1S/2C14H14N2O2.ClH.H2O.Ru/c2*1-10-6-7-13(15-8-10)16-9-11-4-3-5-12(18-2)14(11)17;;;/h2*3-9,17H,1-2H3;1H;1H2;/q;;;;+3/p-3. The number of rotatable bonds is 6.